The summed E-state index contributed by atoms with van der Waals surface area (Å²) in [5.74, 6) is -0.358. The van der Waals surface area contributed by atoms with Gasteiger partial charge in [-0.15, -0.1) is 0 Å². The lowest BCUT2D eigenvalue weighted by atomic mass is 9.95. The van der Waals surface area contributed by atoms with Gasteiger partial charge in [0.05, 0.1) is 19.1 Å². The fourth-order valence-corrected chi connectivity index (χ4v) is 2.69. The molecule has 2 amide bonds. The highest BCUT2D eigenvalue weighted by Crippen LogP contribution is 2.19. The number of carbonyl (C=O) groups excluding carboxylic acids is 2. The highest BCUT2D eigenvalue weighted by molar-refractivity contribution is 5.90. The Morgan fingerprint density at radius 2 is 1.86 bits per heavy atom. The molecule has 1 aromatic rings. The number of benzene rings is 1. The van der Waals surface area contributed by atoms with E-state index in [1.807, 2.05) is 37.3 Å². The van der Waals surface area contributed by atoms with Crippen LogP contribution in [0.1, 0.15) is 31.7 Å². The molecule has 1 aliphatic heterocycles. The van der Waals surface area contributed by atoms with E-state index in [-0.39, 0.29) is 17.7 Å². The molecule has 22 heavy (non-hydrogen) atoms. The first-order valence-corrected chi connectivity index (χ1v) is 7.85. The number of ether oxygens (including phenoxy) is 1. The van der Waals surface area contributed by atoms with Crippen LogP contribution < -0.4 is 5.32 Å². The summed E-state index contributed by atoms with van der Waals surface area (Å²) in [5, 5.41) is 2.86. The Kier molecular flexibility index (Phi) is 5.95. The highest BCUT2D eigenvalue weighted by Gasteiger charge is 2.26. The predicted octanol–water partition coefficient (Wildman–Crippen LogP) is 1.54. The van der Waals surface area contributed by atoms with Crippen molar-refractivity contribution in [2.45, 2.75) is 32.2 Å². The molecule has 1 heterocycles. The molecule has 5 heteroatoms. The van der Waals surface area contributed by atoms with E-state index in [2.05, 4.69) is 5.32 Å². The van der Waals surface area contributed by atoms with Crippen molar-refractivity contribution in [1.82, 2.24) is 10.2 Å². The number of nitrogens with zero attached hydrogens (tertiary/aromatic N) is 1. The van der Waals surface area contributed by atoms with Crippen LogP contribution in [-0.2, 0) is 14.3 Å². The Morgan fingerprint density at radius 1 is 1.23 bits per heavy atom. The third kappa shape index (κ3) is 4.07. The van der Waals surface area contributed by atoms with Gasteiger partial charge in [-0.2, -0.15) is 0 Å². The van der Waals surface area contributed by atoms with Crippen molar-refractivity contribution in [2.24, 2.45) is 0 Å². The van der Waals surface area contributed by atoms with Crippen molar-refractivity contribution in [3.05, 3.63) is 35.9 Å². The fourth-order valence-electron chi connectivity index (χ4n) is 2.69. The summed E-state index contributed by atoms with van der Waals surface area (Å²) < 4.78 is 5.24. The van der Waals surface area contributed by atoms with Crippen molar-refractivity contribution in [3.63, 3.8) is 0 Å². The van der Waals surface area contributed by atoms with Gasteiger partial charge < -0.3 is 15.0 Å². The highest BCUT2D eigenvalue weighted by atomic mass is 16.5. The van der Waals surface area contributed by atoms with Crippen LogP contribution in [0.15, 0.2) is 30.3 Å². The summed E-state index contributed by atoms with van der Waals surface area (Å²) in [5.41, 5.74) is 0.980. The number of hydrogen-bond acceptors (Lipinski definition) is 3. The van der Waals surface area contributed by atoms with Crippen LogP contribution in [0.5, 0.6) is 0 Å². The summed E-state index contributed by atoms with van der Waals surface area (Å²) in [4.78, 5) is 26.6. The number of rotatable bonds is 5. The average Bonchev–Trinajstić information content (AvgIpc) is 2.56. The number of amides is 2. The molecule has 1 saturated heterocycles. The second-order valence-electron chi connectivity index (χ2n) is 5.54. The lowest BCUT2D eigenvalue weighted by Gasteiger charge is -2.30. The summed E-state index contributed by atoms with van der Waals surface area (Å²) in [7, 11) is 0. The molecular weight excluding hydrogens is 280 g/mol. The molecular formula is C17H24N2O3. The van der Waals surface area contributed by atoms with Crippen LogP contribution in [0.25, 0.3) is 0 Å². The van der Waals surface area contributed by atoms with Crippen LogP contribution >= 0.6 is 0 Å². The summed E-state index contributed by atoms with van der Waals surface area (Å²) in [6.45, 7) is 6.03. The first-order valence-electron chi connectivity index (χ1n) is 7.85. The number of hydrogen-bond donors (Lipinski definition) is 1. The van der Waals surface area contributed by atoms with Gasteiger partial charge in [0.25, 0.3) is 0 Å². The van der Waals surface area contributed by atoms with E-state index in [1.165, 1.54) is 0 Å². The first-order chi connectivity index (χ1) is 10.6. The van der Waals surface area contributed by atoms with Crippen molar-refractivity contribution in [3.8, 4) is 0 Å². The van der Waals surface area contributed by atoms with E-state index in [0.717, 1.165) is 5.56 Å². The van der Waals surface area contributed by atoms with Crippen molar-refractivity contribution in [2.75, 3.05) is 26.3 Å². The first kappa shape index (κ1) is 16.5. The van der Waals surface area contributed by atoms with Crippen molar-refractivity contribution in [1.29, 1.82) is 0 Å². The maximum absolute atomic E-state index is 12.5. The molecule has 0 radical (unpaired) electrons. The zero-order valence-corrected chi connectivity index (χ0v) is 13.2. The van der Waals surface area contributed by atoms with Crippen LogP contribution in [0.2, 0.25) is 0 Å². The van der Waals surface area contributed by atoms with E-state index < -0.39 is 6.04 Å². The van der Waals surface area contributed by atoms with E-state index in [4.69, 9.17) is 4.74 Å². The molecule has 1 fully saturated rings. The van der Waals surface area contributed by atoms with E-state index in [1.54, 1.807) is 11.8 Å². The Balaban J connectivity index is 1.96. The molecule has 0 unspecified atom stereocenters. The smallest absolute Gasteiger partial charge is 0.245 e. The monoisotopic (exact) mass is 304 g/mol. The lowest BCUT2D eigenvalue weighted by Crippen LogP contribution is -2.51. The molecule has 5 nitrogen and oxygen atoms in total. The van der Waals surface area contributed by atoms with E-state index >= 15 is 0 Å². The fraction of sp³-hybridized carbons (Fsp3) is 0.529. The molecule has 1 N–H and O–H groups in total. The molecule has 0 bridgehead atoms. The molecule has 2 atom stereocenters. The van der Waals surface area contributed by atoms with Crippen molar-refractivity contribution >= 4 is 11.8 Å². The Labute approximate surface area is 131 Å². The van der Waals surface area contributed by atoms with Crippen molar-refractivity contribution < 1.29 is 14.3 Å². The normalized spacial score (nSPS) is 17.6. The third-order valence-electron chi connectivity index (χ3n) is 3.98. The molecule has 0 spiro atoms. The molecule has 0 saturated carbocycles. The van der Waals surface area contributed by atoms with Gasteiger partial charge in [0.2, 0.25) is 11.8 Å². The van der Waals surface area contributed by atoms with Gasteiger partial charge in [0, 0.05) is 13.1 Å². The SMILES string of the molecule is CC[C@@H](C(=O)N[C@@H](C)C(=O)N1CCOCC1)c1ccccc1. The molecule has 120 valence electrons. The average molecular weight is 304 g/mol. The zero-order valence-electron chi connectivity index (χ0n) is 13.2. The standard InChI is InChI=1S/C17H24N2O3/c1-3-15(14-7-5-4-6-8-14)16(20)18-13(2)17(21)19-9-11-22-12-10-19/h4-8,13,15H,3,9-12H2,1-2H3,(H,18,20)/t13-,15+/m0/s1. The predicted molar refractivity (Wildman–Crippen MR) is 84.5 cm³/mol. The van der Waals surface area contributed by atoms with Gasteiger partial charge >= 0.3 is 0 Å². The molecule has 1 aromatic carbocycles. The minimum atomic E-state index is -0.511. The number of carbonyl (C=O) groups is 2. The number of morpholine rings is 1. The topological polar surface area (TPSA) is 58.6 Å². The molecule has 0 aliphatic carbocycles. The van der Waals surface area contributed by atoms with E-state index in [9.17, 15) is 9.59 Å². The van der Waals surface area contributed by atoms with Gasteiger partial charge in [-0.1, -0.05) is 37.3 Å². The largest absolute Gasteiger partial charge is 0.378 e. The summed E-state index contributed by atoms with van der Waals surface area (Å²) >= 11 is 0. The minimum absolute atomic E-state index is 0.0421. The van der Waals surface area contributed by atoms with Crippen LogP contribution in [0, 0.1) is 0 Å². The van der Waals surface area contributed by atoms with Crippen LogP contribution in [0.3, 0.4) is 0 Å². The Morgan fingerprint density at radius 3 is 2.45 bits per heavy atom. The number of nitrogens with one attached hydrogen (secondary N) is 1. The third-order valence-corrected chi connectivity index (χ3v) is 3.98. The van der Waals surface area contributed by atoms with Gasteiger partial charge in [-0.25, -0.2) is 0 Å². The van der Waals surface area contributed by atoms with Gasteiger partial charge in [0.15, 0.2) is 0 Å². The summed E-state index contributed by atoms with van der Waals surface area (Å²) in [6.07, 6.45) is 0.703. The second kappa shape index (κ2) is 7.94. The van der Waals surface area contributed by atoms with Crippen LogP contribution in [0.4, 0.5) is 0 Å². The minimum Gasteiger partial charge on any atom is -0.378 e. The summed E-state index contributed by atoms with van der Waals surface area (Å²) in [6, 6.07) is 9.16. The molecule has 1 aliphatic rings. The molecule has 0 aromatic heterocycles. The Bertz CT molecular complexity index is 498. The maximum atomic E-state index is 12.5. The zero-order chi connectivity index (χ0) is 15.9. The van der Waals surface area contributed by atoms with Crippen LogP contribution in [-0.4, -0.2) is 49.1 Å². The molecule has 2 rings (SSSR count). The van der Waals surface area contributed by atoms with Gasteiger partial charge in [-0.3, -0.25) is 9.59 Å². The lowest BCUT2D eigenvalue weighted by molar-refractivity contribution is -0.139. The Hall–Kier alpha value is -1.88. The quantitative estimate of drug-likeness (QED) is 0.898. The van der Waals surface area contributed by atoms with Gasteiger partial charge in [0.1, 0.15) is 6.04 Å². The van der Waals surface area contributed by atoms with E-state index in [0.29, 0.717) is 32.7 Å². The maximum Gasteiger partial charge on any atom is 0.245 e. The van der Waals surface area contributed by atoms with Gasteiger partial charge in [-0.05, 0) is 18.9 Å². The second-order valence-corrected chi connectivity index (χ2v) is 5.54.